The topological polar surface area (TPSA) is 88.5 Å². The highest BCUT2D eigenvalue weighted by molar-refractivity contribution is 5.90. The number of aliphatic hydroxyl groups is 1. The highest BCUT2D eigenvalue weighted by atomic mass is 16.5. The fourth-order valence-electron chi connectivity index (χ4n) is 3.46. The molecule has 0 aliphatic rings. The molecule has 0 aliphatic heterocycles. The molecule has 7 heteroatoms. The normalized spacial score (nSPS) is 12.9. The summed E-state index contributed by atoms with van der Waals surface area (Å²) in [5, 5.41) is 17.7. The molecule has 0 fully saturated rings. The van der Waals surface area contributed by atoms with Crippen LogP contribution in [0.15, 0.2) is 42.5 Å². The van der Waals surface area contributed by atoms with Crippen LogP contribution in [0.1, 0.15) is 38.7 Å². The van der Waals surface area contributed by atoms with Gasteiger partial charge in [0.1, 0.15) is 17.3 Å². The van der Waals surface area contributed by atoms with E-state index in [1.165, 1.54) is 0 Å². The lowest BCUT2D eigenvalue weighted by Gasteiger charge is -2.30. The van der Waals surface area contributed by atoms with Crippen LogP contribution in [0.4, 0.5) is 11.8 Å². The van der Waals surface area contributed by atoms with E-state index in [1.807, 2.05) is 49.4 Å². The molecule has 3 N–H and O–H groups in total. The third-order valence-electron chi connectivity index (χ3n) is 5.39. The van der Waals surface area contributed by atoms with E-state index in [9.17, 15) is 5.11 Å². The summed E-state index contributed by atoms with van der Waals surface area (Å²) in [6.45, 7) is 4.69. The van der Waals surface area contributed by atoms with E-state index in [0.717, 1.165) is 47.2 Å². The molecule has 0 saturated heterocycles. The molecule has 7 nitrogen and oxygen atoms in total. The van der Waals surface area contributed by atoms with Gasteiger partial charge < -0.3 is 25.2 Å². The van der Waals surface area contributed by atoms with Crippen molar-refractivity contribution in [1.29, 1.82) is 0 Å². The molecule has 0 amide bonds. The second-order valence-electron chi connectivity index (χ2n) is 7.89. The maximum atomic E-state index is 10.0. The van der Waals surface area contributed by atoms with Crippen LogP contribution >= 0.6 is 0 Å². The van der Waals surface area contributed by atoms with Crippen molar-refractivity contribution in [2.24, 2.45) is 0 Å². The van der Waals surface area contributed by atoms with Crippen LogP contribution in [0.25, 0.3) is 10.9 Å². The molecule has 0 spiro atoms. The van der Waals surface area contributed by atoms with Crippen molar-refractivity contribution in [2.75, 3.05) is 31.5 Å². The van der Waals surface area contributed by atoms with Gasteiger partial charge in [-0.25, -0.2) is 4.98 Å². The molecule has 3 aromatic rings. The number of unbranched alkanes of at least 4 members (excludes halogenated alkanes) is 1. The van der Waals surface area contributed by atoms with Crippen LogP contribution in [0.3, 0.4) is 0 Å². The number of hydrogen-bond acceptors (Lipinski definition) is 7. The molecule has 166 valence electrons. The van der Waals surface area contributed by atoms with Gasteiger partial charge in [0.25, 0.3) is 0 Å². The largest absolute Gasteiger partial charge is 0.497 e. The maximum absolute atomic E-state index is 10.0. The molecule has 2 aromatic carbocycles. The quantitative estimate of drug-likeness (QED) is 0.414. The van der Waals surface area contributed by atoms with Gasteiger partial charge in [-0.05, 0) is 37.6 Å². The van der Waals surface area contributed by atoms with Crippen molar-refractivity contribution in [1.82, 2.24) is 9.97 Å². The molecule has 1 aromatic heterocycles. The summed E-state index contributed by atoms with van der Waals surface area (Å²) in [6, 6.07) is 13.6. The van der Waals surface area contributed by atoms with Crippen molar-refractivity contribution in [3.05, 3.63) is 48.0 Å². The fourth-order valence-corrected chi connectivity index (χ4v) is 3.46. The SMILES string of the molecule is CCCCC(C)(CO)Nc1nc(NCc2ccc(OC)cc2OC)nc2ccccc12. The van der Waals surface area contributed by atoms with E-state index in [-0.39, 0.29) is 6.61 Å². The summed E-state index contributed by atoms with van der Waals surface area (Å²) in [5.74, 6) is 2.69. The standard InChI is InChI=1S/C24H32N4O3/c1-5-6-13-24(2,16-29)28-22-19-9-7-8-10-20(19)26-23(27-22)25-15-17-11-12-18(30-3)14-21(17)31-4/h7-12,14,29H,5-6,13,15-16H2,1-4H3,(H2,25,26,27,28). The van der Waals surface area contributed by atoms with E-state index < -0.39 is 5.54 Å². The Bertz CT molecular complexity index is 1010. The lowest BCUT2D eigenvalue weighted by molar-refractivity contribution is 0.212. The predicted molar refractivity (Wildman–Crippen MR) is 125 cm³/mol. The van der Waals surface area contributed by atoms with Crippen LogP contribution in [0, 0.1) is 0 Å². The van der Waals surface area contributed by atoms with Gasteiger partial charge in [0, 0.05) is 23.6 Å². The van der Waals surface area contributed by atoms with Gasteiger partial charge >= 0.3 is 0 Å². The number of para-hydroxylation sites is 1. The monoisotopic (exact) mass is 424 g/mol. The predicted octanol–water partition coefficient (Wildman–Crippen LogP) is 4.61. The first-order valence-electron chi connectivity index (χ1n) is 10.6. The van der Waals surface area contributed by atoms with Gasteiger partial charge in [-0.2, -0.15) is 4.98 Å². The Labute approximate surface area is 183 Å². The molecule has 1 unspecified atom stereocenters. The molecule has 0 aliphatic carbocycles. The Morgan fingerprint density at radius 2 is 1.87 bits per heavy atom. The van der Waals surface area contributed by atoms with Crippen LogP contribution in [0.2, 0.25) is 0 Å². The van der Waals surface area contributed by atoms with Crippen LogP contribution < -0.4 is 20.1 Å². The minimum Gasteiger partial charge on any atom is -0.497 e. The number of methoxy groups -OCH3 is 2. The zero-order chi connectivity index (χ0) is 22.3. The van der Waals surface area contributed by atoms with Crippen molar-refractivity contribution in [3.63, 3.8) is 0 Å². The molecule has 3 rings (SSSR count). The zero-order valence-electron chi connectivity index (χ0n) is 18.7. The molecular weight excluding hydrogens is 392 g/mol. The van der Waals surface area contributed by atoms with Gasteiger partial charge in [0.15, 0.2) is 0 Å². The summed E-state index contributed by atoms with van der Waals surface area (Å²) in [6.07, 6.45) is 2.94. The third-order valence-corrected chi connectivity index (χ3v) is 5.39. The molecular formula is C24H32N4O3. The number of benzene rings is 2. The molecule has 31 heavy (non-hydrogen) atoms. The van der Waals surface area contributed by atoms with Crippen LogP contribution in [-0.2, 0) is 6.54 Å². The first-order valence-corrected chi connectivity index (χ1v) is 10.6. The van der Waals surface area contributed by atoms with E-state index in [0.29, 0.717) is 18.3 Å². The Morgan fingerprint density at radius 1 is 1.06 bits per heavy atom. The third kappa shape index (κ3) is 5.55. The molecule has 1 atom stereocenters. The zero-order valence-corrected chi connectivity index (χ0v) is 18.7. The second kappa shape index (κ2) is 10.3. The van der Waals surface area contributed by atoms with Gasteiger partial charge in [0.05, 0.1) is 31.9 Å². The Balaban J connectivity index is 1.88. The number of nitrogens with one attached hydrogen (secondary N) is 2. The summed E-state index contributed by atoms with van der Waals surface area (Å²) in [7, 11) is 3.27. The number of nitrogens with zero attached hydrogens (tertiary/aromatic N) is 2. The minimum absolute atomic E-state index is 0.0249. The average Bonchev–Trinajstić information content (AvgIpc) is 2.81. The number of rotatable bonds is 11. The molecule has 1 heterocycles. The van der Waals surface area contributed by atoms with E-state index >= 15 is 0 Å². The van der Waals surface area contributed by atoms with Crippen LogP contribution in [-0.4, -0.2) is 41.4 Å². The number of hydrogen-bond donors (Lipinski definition) is 3. The maximum Gasteiger partial charge on any atom is 0.225 e. The number of aromatic nitrogens is 2. The lowest BCUT2D eigenvalue weighted by atomic mass is 9.95. The smallest absolute Gasteiger partial charge is 0.225 e. The number of ether oxygens (including phenoxy) is 2. The molecule has 0 bridgehead atoms. The first-order chi connectivity index (χ1) is 15.0. The minimum atomic E-state index is -0.455. The Hall–Kier alpha value is -3.06. The van der Waals surface area contributed by atoms with E-state index in [1.54, 1.807) is 14.2 Å². The van der Waals surface area contributed by atoms with Crippen molar-refractivity contribution < 1.29 is 14.6 Å². The second-order valence-corrected chi connectivity index (χ2v) is 7.89. The Morgan fingerprint density at radius 3 is 2.58 bits per heavy atom. The summed E-state index contributed by atoms with van der Waals surface area (Å²) >= 11 is 0. The number of anilines is 2. The van der Waals surface area contributed by atoms with Gasteiger partial charge in [-0.3, -0.25) is 0 Å². The summed E-state index contributed by atoms with van der Waals surface area (Å²) in [4.78, 5) is 9.40. The summed E-state index contributed by atoms with van der Waals surface area (Å²) < 4.78 is 10.8. The lowest BCUT2D eigenvalue weighted by Crippen LogP contribution is -2.39. The van der Waals surface area contributed by atoms with E-state index in [4.69, 9.17) is 14.5 Å². The summed E-state index contributed by atoms with van der Waals surface area (Å²) in [5.41, 5.74) is 1.35. The molecule has 0 radical (unpaired) electrons. The number of aliphatic hydroxyl groups excluding tert-OH is 1. The van der Waals surface area contributed by atoms with Crippen LogP contribution in [0.5, 0.6) is 11.5 Å². The Kier molecular flexibility index (Phi) is 7.52. The van der Waals surface area contributed by atoms with Gasteiger partial charge in [-0.15, -0.1) is 0 Å². The molecule has 0 saturated carbocycles. The highest BCUT2D eigenvalue weighted by Gasteiger charge is 2.24. The number of fused-ring (bicyclic) bond motifs is 1. The van der Waals surface area contributed by atoms with Gasteiger partial charge in [0.2, 0.25) is 5.95 Å². The first kappa shape index (κ1) is 22.6. The van der Waals surface area contributed by atoms with Crippen molar-refractivity contribution >= 4 is 22.7 Å². The van der Waals surface area contributed by atoms with E-state index in [2.05, 4.69) is 22.5 Å². The van der Waals surface area contributed by atoms with Crippen molar-refractivity contribution in [3.8, 4) is 11.5 Å². The fraction of sp³-hybridized carbons (Fsp3) is 0.417. The highest BCUT2D eigenvalue weighted by Crippen LogP contribution is 2.28. The average molecular weight is 425 g/mol. The van der Waals surface area contributed by atoms with Gasteiger partial charge in [-0.1, -0.05) is 31.9 Å². The van der Waals surface area contributed by atoms with Crippen molar-refractivity contribution in [2.45, 2.75) is 45.2 Å².